The van der Waals surface area contributed by atoms with Crippen LogP contribution in [0.5, 0.6) is 0 Å². The molecule has 1 saturated heterocycles. The van der Waals surface area contributed by atoms with Crippen LogP contribution in [-0.4, -0.2) is 79.8 Å². The van der Waals surface area contributed by atoms with Crippen molar-refractivity contribution in [3.8, 4) is 6.07 Å². The molecule has 3 aliphatic rings. The largest absolute Gasteiger partial charge is 0.389 e. The number of rotatable bonds is 9. The highest BCUT2D eigenvalue weighted by molar-refractivity contribution is 5.94. The molecule has 0 bridgehead atoms. The minimum atomic E-state index is -1.06. The number of carbonyl (C=O) groups is 2. The number of aromatic nitrogens is 4. The Bertz CT molecular complexity index is 1580. The number of aliphatic hydroxyl groups is 1. The van der Waals surface area contributed by atoms with Crippen molar-refractivity contribution >= 4 is 11.8 Å². The number of fused-ring (bicyclic) bond motifs is 3. The smallest absolute Gasteiger partial charge is 0.251 e. The van der Waals surface area contributed by atoms with Crippen molar-refractivity contribution in [3.63, 3.8) is 0 Å². The molecule has 1 unspecified atom stereocenters. The van der Waals surface area contributed by atoms with Crippen LogP contribution >= 0.6 is 0 Å². The number of nitriles is 1. The van der Waals surface area contributed by atoms with E-state index in [4.69, 9.17) is 0 Å². The number of nitrogens with one attached hydrogen (secondary N) is 3. The molecule has 4 N–H and O–H groups in total. The molecule has 11 nitrogen and oxygen atoms in total. The topological polar surface area (TPSA) is 160 Å². The summed E-state index contributed by atoms with van der Waals surface area (Å²) in [6.45, 7) is 3.82. The highest BCUT2D eigenvalue weighted by Gasteiger charge is 2.54. The molecule has 2 fully saturated rings. The summed E-state index contributed by atoms with van der Waals surface area (Å²) < 4.78 is 14.5. The number of carbonyl (C=O) groups excluding carboxylic acids is 2. The number of piperidine rings is 1. The summed E-state index contributed by atoms with van der Waals surface area (Å²) in [6, 6.07) is 12.3. The van der Waals surface area contributed by atoms with E-state index in [-0.39, 0.29) is 42.8 Å². The quantitative estimate of drug-likeness (QED) is 0.276. The van der Waals surface area contributed by atoms with Gasteiger partial charge in [0, 0.05) is 18.2 Å². The average Bonchev–Trinajstić information content (AvgIpc) is 3.36. The first kappa shape index (κ1) is 28.9. The van der Waals surface area contributed by atoms with E-state index in [0.29, 0.717) is 43.1 Å². The molecular weight excluding hydrogens is 551 g/mol. The normalized spacial score (nSPS) is 23.9. The molecule has 2 amide bonds. The van der Waals surface area contributed by atoms with Crippen LogP contribution in [0.1, 0.15) is 71.5 Å². The number of benzene rings is 2. The van der Waals surface area contributed by atoms with Crippen LogP contribution in [0.25, 0.3) is 0 Å². The molecule has 43 heavy (non-hydrogen) atoms. The number of halogens is 1. The van der Waals surface area contributed by atoms with Crippen LogP contribution < -0.4 is 10.6 Å². The molecule has 0 radical (unpaired) electrons. The number of hydrogen-bond acceptors (Lipinski definition) is 8. The third-order valence-corrected chi connectivity index (χ3v) is 8.92. The summed E-state index contributed by atoms with van der Waals surface area (Å²) >= 11 is 0. The van der Waals surface area contributed by atoms with E-state index in [9.17, 15) is 24.3 Å². The van der Waals surface area contributed by atoms with Gasteiger partial charge in [-0.25, -0.2) is 4.39 Å². The number of amides is 2. The lowest BCUT2D eigenvalue weighted by molar-refractivity contribution is -0.131. The predicted molar refractivity (Wildman–Crippen MR) is 153 cm³/mol. The van der Waals surface area contributed by atoms with Gasteiger partial charge >= 0.3 is 0 Å². The van der Waals surface area contributed by atoms with E-state index in [2.05, 4.69) is 37.3 Å². The number of H-pyrrole nitrogens is 1. The fraction of sp³-hybridized carbons (Fsp3) is 0.484. The summed E-state index contributed by atoms with van der Waals surface area (Å²) in [4.78, 5) is 27.8. The fourth-order valence-corrected chi connectivity index (χ4v) is 6.81. The number of aryl methyl sites for hydroxylation is 2. The summed E-state index contributed by atoms with van der Waals surface area (Å²) in [5.74, 6) is 0.102. The second-order valence-electron chi connectivity index (χ2n) is 12.5. The van der Waals surface area contributed by atoms with Gasteiger partial charge in [0.25, 0.3) is 5.91 Å². The molecule has 1 aromatic heterocycles. The van der Waals surface area contributed by atoms with Gasteiger partial charge in [-0.3, -0.25) is 9.59 Å². The van der Waals surface area contributed by atoms with Gasteiger partial charge in [-0.1, -0.05) is 17.3 Å². The lowest BCUT2D eigenvalue weighted by Gasteiger charge is -2.34. The Morgan fingerprint density at radius 3 is 2.63 bits per heavy atom. The molecule has 4 atom stereocenters. The molecular formula is C31H35FN8O3. The Kier molecular flexibility index (Phi) is 7.48. The van der Waals surface area contributed by atoms with Crippen LogP contribution in [0, 0.1) is 23.1 Å². The van der Waals surface area contributed by atoms with Gasteiger partial charge in [0.2, 0.25) is 5.91 Å². The van der Waals surface area contributed by atoms with Gasteiger partial charge < -0.3 is 20.6 Å². The van der Waals surface area contributed by atoms with E-state index in [1.165, 1.54) is 12.1 Å². The number of likely N-dealkylation sites (tertiary alicyclic amines) is 1. The fourth-order valence-electron chi connectivity index (χ4n) is 6.81. The average molecular weight is 587 g/mol. The van der Waals surface area contributed by atoms with Crippen molar-refractivity contribution < 1.29 is 19.1 Å². The van der Waals surface area contributed by atoms with E-state index in [1.807, 2.05) is 12.1 Å². The summed E-state index contributed by atoms with van der Waals surface area (Å²) in [6.07, 6.45) is 3.22. The standard InChI is InChI=1S/C31H35FN8O3/c1-30(2,43)17-35-28(42)20-5-7-24-18(11-20)3-4-19-12-22(32)6-8-25(19)31(24,29-36-38-39-37-29)9-10-34-16-27(41)40-23(15-33)13-21-14-26(21)40/h5-8,11-12,21,23,26,34,43H,3-4,9-10,13-14,16-17H2,1-2H3,(H,35,42)(H,36,37,38,39)/t21-,23+,26+,31?/m1/s1. The molecule has 2 aromatic carbocycles. The maximum absolute atomic E-state index is 14.5. The third kappa shape index (κ3) is 5.50. The van der Waals surface area contributed by atoms with E-state index < -0.39 is 11.0 Å². The number of aromatic amines is 1. The highest BCUT2D eigenvalue weighted by atomic mass is 19.1. The minimum absolute atomic E-state index is 0.0874. The van der Waals surface area contributed by atoms with Crippen molar-refractivity contribution in [1.82, 2.24) is 36.2 Å². The lowest BCUT2D eigenvalue weighted by atomic mass is 9.69. The zero-order valence-corrected chi connectivity index (χ0v) is 24.2. The molecule has 224 valence electrons. The number of nitrogens with zero attached hydrogens (tertiary/aromatic N) is 5. The van der Waals surface area contributed by atoms with Gasteiger partial charge in [0.1, 0.15) is 11.9 Å². The Labute approximate surface area is 248 Å². The zero-order valence-electron chi connectivity index (χ0n) is 24.2. The highest BCUT2D eigenvalue weighted by Crippen LogP contribution is 2.48. The summed E-state index contributed by atoms with van der Waals surface area (Å²) in [5, 5.41) is 40.9. The molecule has 0 spiro atoms. The second-order valence-corrected chi connectivity index (χ2v) is 12.5. The maximum Gasteiger partial charge on any atom is 0.251 e. The number of tetrazole rings is 1. The van der Waals surface area contributed by atoms with Crippen molar-refractivity contribution in [1.29, 1.82) is 5.26 Å². The first-order valence-electron chi connectivity index (χ1n) is 14.7. The van der Waals surface area contributed by atoms with Gasteiger partial charge in [0.15, 0.2) is 5.82 Å². The molecule has 6 rings (SSSR count). The summed E-state index contributed by atoms with van der Waals surface area (Å²) in [5.41, 5.74) is 1.84. The van der Waals surface area contributed by atoms with Crippen molar-refractivity contribution in [3.05, 3.63) is 75.9 Å². The van der Waals surface area contributed by atoms with E-state index in [0.717, 1.165) is 35.1 Å². The molecule has 1 saturated carbocycles. The van der Waals surface area contributed by atoms with E-state index in [1.54, 1.807) is 30.9 Å². The van der Waals surface area contributed by atoms with Crippen LogP contribution in [-0.2, 0) is 23.1 Å². The van der Waals surface area contributed by atoms with Gasteiger partial charge in [0.05, 0.1) is 23.6 Å². The van der Waals surface area contributed by atoms with Crippen molar-refractivity contribution in [2.24, 2.45) is 5.92 Å². The first-order valence-corrected chi connectivity index (χ1v) is 14.7. The van der Waals surface area contributed by atoms with Gasteiger partial charge in [-0.2, -0.15) is 10.5 Å². The Morgan fingerprint density at radius 2 is 1.93 bits per heavy atom. The van der Waals surface area contributed by atoms with Crippen molar-refractivity contribution in [2.45, 2.75) is 69.1 Å². The van der Waals surface area contributed by atoms with Gasteiger partial charge in [-0.15, -0.1) is 10.2 Å². The third-order valence-electron chi connectivity index (χ3n) is 8.92. The maximum atomic E-state index is 14.5. The Balaban J connectivity index is 1.32. The van der Waals surface area contributed by atoms with Crippen molar-refractivity contribution in [2.75, 3.05) is 19.6 Å². The van der Waals surface area contributed by atoms with Crippen LogP contribution in [0.2, 0.25) is 0 Å². The molecule has 12 heteroatoms. The monoisotopic (exact) mass is 586 g/mol. The SMILES string of the molecule is CC(C)(O)CNC(=O)c1ccc2c(c1)CCc1cc(F)ccc1C2(CCNCC(=O)N1[C@H](C#N)C[C@@H]2C[C@@H]21)c1nn[nH]n1. The van der Waals surface area contributed by atoms with Gasteiger partial charge in [-0.05, 0) is 105 Å². The second kappa shape index (κ2) is 11.1. The predicted octanol–water partition coefficient (Wildman–Crippen LogP) is 1.77. The lowest BCUT2D eigenvalue weighted by Crippen LogP contribution is -2.44. The minimum Gasteiger partial charge on any atom is -0.389 e. The molecule has 2 heterocycles. The molecule has 1 aliphatic heterocycles. The van der Waals surface area contributed by atoms with E-state index >= 15 is 0 Å². The van der Waals surface area contributed by atoms with Crippen LogP contribution in [0.4, 0.5) is 4.39 Å². The Morgan fingerprint density at radius 1 is 1.19 bits per heavy atom. The molecule has 3 aromatic rings. The summed E-state index contributed by atoms with van der Waals surface area (Å²) in [7, 11) is 0. The first-order chi connectivity index (χ1) is 20.6. The van der Waals surface area contributed by atoms with Crippen LogP contribution in [0.15, 0.2) is 36.4 Å². The number of hydrogen-bond donors (Lipinski definition) is 4. The molecule has 2 aliphatic carbocycles. The Hall–Kier alpha value is -4.21. The van der Waals surface area contributed by atoms with Crippen LogP contribution in [0.3, 0.4) is 0 Å². The zero-order chi connectivity index (χ0) is 30.4.